The maximum Gasteiger partial charge on any atom is 0.350 e. The molecule has 0 bridgehead atoms. The number of benzene rings is 2. The monoisotopic (exact) mass is 490 g/mol. The number of methoxy groups -OCH3 is 1. The van der Waals surface area contributed by atoms with Crippen LogP contribution < -0.4 is 15.3 Å². The molecule has 5 rings (SSSR count). The zero-order chi connectivity index (χ0) is 24.4. The Morgan fingerprint density at radius 3 is 2.66 bits per heavy atom. The molecular weight excluding hydrogens is 464 g/mol. The Hall–Kier alpha value is -3.79. The zero-order valence-corrected chi connectivity index (χ0v) is 20.4. The number of fused-ring (bicyclic) bond motifs is 1. The highest BCUT2D eigenvalue weighted by Gasteiger charge is 2.24. The van der Waals surface area contributed by atoms with Crippen LogP contribution in [0.4, 0.5) is 5.69 Å². The van der Waals surface area contributed by atoms with Gasteiger partial charge in [0.15, 0.2) is 5.65 Å². The molecule has 180 valence electrons. The van der Waals surface area contributed by atoms with E-state index in [0.717, 1.165) is 21.9 Å². The summed E-state index contributed by atoms with van der Waals surface area (Å²) in [6, 6.07) is 15.9. The van der Waals surface area contributed by atoms with Gasteiger partial charge in [0.05, 0.1) is 12.8 Å². The topological polar surface area (TPSA) is 85.0 Å². The molecular formula is C25H26N6O3S. The summed E-state index contributed by atoms with van der Waals surface area (Å²) in [5.74, 6) is 0.688. The first-order valence-electron chi connectivity index (χ1n) is 11.4. The third-order valence-electron chi connectivity index (χ3n) is 6.02. The van der Waals surface area contributed by atoms with Crippen molar-refractivity contribution in [1.29, 1.82) is 0 Å². The van der Waals surface area contributed by atoms with Crippen LogP contribution in [0.15, 0.2) is 75.6 Å². The van der Waals surface area contributed by atoms with Crippen LogP contribution in [0.3, 0.4) is 0 Å². The molecule has 3 heterocycles. The van der Waals surface area contributed by atoms with E-state index in [4.69, 9.17) is 4.74 Å². The van der Waals surface area contributed by atoms with Gasteiger partial charge >= 0.3 is 5.69 Å². The second-order valence-corrected chi connectivity index (χ2v) is 9.39. The minimum absolute atomic E-state index is 0.107. The second kappa shape index (κ2) is 9.83. The fourth-order valence-electron chi connectivity index (χ4n) is 4.21. The van der Waals surface area contributed by atoms with Gasteiger partial charge in [-0.05, 0) is 31.2 Å². The Kier molecular flexibility index (Phi) is 6.45. The first kappa shape index (κ1) is 23.0. The van der Waals surface area contributed by atoms with Crippen LogP contribution >= 0.6 is 11.8 Å². The quantitative estimate of drug-likeness (QED) is 0.411. The molecule has 1 fully saturated rings. The van der Waals surface area contributed by atoms with Crippen LogP contribution in [-0.4, -0.2) is 63.3 Å². The van der Waals surface area contributed by atoms with Crippen LogP contribution in [0.25, 0.3) is 5.65 Å². The van der Waals surface area contributed by atoms with Gasteiger partial charge in [-0.3, -0.25) is 4.79 Å². The Bertz CT molecular complexity index is 1420. The van der Waals surface area contributed by atoms with E-state index in [2.05, 4.69) is 21.0 Å². The van der Waals surface area contributed by atoms with E-state index in [9.17, 15) is 9.59 Å². The van der Waals surface area contributed by atoms with Gasteiger partial charge in [-0.15, -0.1) is 5.10 Å². The van der Waals surface area contributed by atoms with Gasteiger partial charge in [-0.2, -0.15) is 0 Å². The molecule has 1 aliphatic rings. The number of amides is 1. The number of aromatic nitrogens is 4. The number of carbonyl (C=O) groups is 1. The number of aryl methyl sites for hydroxylation is 1. The van der Waals surface area contributed by atoms with Crippen molar-refractivity contribution >= 4 is 29.0 Å². The number of nitrogens with zero attached hydrogens (tertiary/aromatic N) is 6. The van der Waals surface area contributed by atoms with Crippen molar-refractivity contribution in [3.8, 4) is 5.75 Å². The third-order valence-corrected chi connectivity index (χ3v) is 6.99. The molecule has 9 nitrogen and oxygen atoms in total. The maximum atomic E-state index is 13.0. The summed E-state index contributed by atoms with van der Waals surface area (Å²) in [4.78, 5) is 35.4. The van der Waals surface area contributed by atoms with Crippen molar-refractivity contribution in [3.05, 3.63) is 77.0 Å². The molecule has 35 heavy (non-hydrogen) atoms. The summed E-state index contributed by atoms with van der Waals surface area (Å²) < 4.78 is 8.14. The fraction of sp³-hybridized carbons (Fsp3) is 0.280. The van der Waals surface area contributed by atoms with E-state index in [0.29, 0.717) is 36.9 Å². The molecule has 0 spiro atoms. The molecule has 2 aromatic heterocycles. The van der Waals surface area contributed by atoms with Gasteiger partial charge in [-0.1, -0.05) is 41.6 Å². The molecule has 1 amide bonds. The number of anilines is 1. The SMILES string of the molecule is COc1ccccc1N1CCN(C(=O)Cn2nc3c(Sc4cccc(C)c4)nccn3c2=O)CC1. The normalized spacial score (nSPS) is 13.9. The first-order chi connectivity index (χ1) is 17.0. The third kappa shape index (κ3) is 4.74. The lowest BCUT2D eigenvalue weighted by molar-refractivity contribution is -0.132. The lowest BCUT2D eigenvalue weighted by Crippen LogP contribution is -2.50. The molecule has 0 aliphatic carbocycles. The van der Waals surface area contributed by atoms with Gasteiger partial charge in [0.2, 0.25) is 5.91 Å². The Labute approximate surface area is 206 Å². The van der Waals surface area contributed by atoms with Crippen LogP contribution in [0.1, 0.15) is 5.56 Å². The van der Waals surface area contributed by atoms with Crippen molar-refractivity contribution in [2.75, 3.05) is 38.2 Å². The molecule has 0 radical (unpaired) electrons. The lowest BCUT2D eigenvalue weighted by Gasteiger charge is -2.36. The fourth-order valence-corrected chi connectivity index (χ4v) is 5.17. The Morgan fingerprint density at radius 2 is 1.89 bits per heavy atom. The van der Waals surface area contributed by atoms with E-state index in [-0.39, 0.29) is 18.1 Å². The summed E-state index contributed by atoms with van der Waals surface area (Å²) in [6.07, 6.45) is 3.16. The highest BCUT2D eigenvalue weighted by Crippen LogP contribution is 2.29. The molecule has 0 atom stereocenters. The standard InChI is InChI=1S/C25H26N6O3S/c1-18-6-5-7-19(16-18)35-24-23-27-31(25(33)30(23)11-10-26-24)17-22(32)29-14-12-28(13-15-29)20-8-3-4-9-21(20)34-2/h3-11,16H,12-15,17H2,1-2H3. The number of piperazine rings is 1. The van der Waals surface area contributed by atoms with Crippen molar-refractivity contribution in [1.82, 2.24) is 24.1 Å². The number of hydrogen-bond donors (Lipinski definition) is 0. The van der Waals surface area contributed by atoms with Gasteiger partial charge in [0, 0.05) is 43.5 Å². The minimum atomic E-state index is -0.352. The molecule has 10 heteroatoms. The van der Waals surface area contributed by atoms with E-state index in [1.54, 1.807) is 24.4 Å². The molecule has 0 N–H and O–H groups in total. The molecule has 4 aromatic rings. The second-order valence-electron chi connectivity index (χ2n) is 8.32. The predicted octanol–water partition coefficient (Wildman–Crippen LogP) is 2.71. The van der Waals surface area contributed by atoms with Gasteiger partial charge in [-0.25, -0.2) is 18.9 Å². The number of ether oxygens (including phenoxy) is 1. The van der Waals surface area contributed by atoms with E-state index in [1.165, 1.54) is 20.8 Å². The minimum Gasteiger partial charge on any atom is -0.495 e. The summed E-state index contributed by atoms with van der Waals surface area (Å²) >= 11 is 1.44. The zero-order valence-electron chi connectivity index (χ0n) is 19.6. The molecule has 1 saturated heterocycles. The number of rotatable bonds is 6. The van der Waals surface area contributed by atoms with Gasteiger partial charge in [0.25, 0.3) is 0 Å². The number of para-hydroxylation sites is 2. The average Bonchev–Trinajstić information content (AvgIpc) is 3.20. The predicted molar refractivity (Wildman–Crippen MR) is 134 cm³/mol. The summed E-state index contributed by atoms with van der Waals surface area (Å²) in [5.41, 5.74) is 2.25. The Morgan fingerprint density at radius 1 is 1.09 bits per heavy atom. The highest BCUT2D eigenvalue weighted by molar-refractivity contribution is 7.99. The number of carbonyl (C=O) groups excluding carboxylic acids is 1. The maximum absolute atomic E-state index is 13.0. The van der Waals surface area contributed by atoms with Gasteiger partial charge in [0.1, 0.15) is 17.3 Å². The molecule has 2 aromatic carbocycles. The summed E-state index contributed by atoms with van der Waals surface area (Å²) in [6.45, 7) is 4.42. The highest BCUT2D eigenvalue weighted by atomic mass is 32.2. The molecule has 0 unspecified atom stereocenters. The molecule has 0 saturated carbocycles. The van der Waals surface area contributed by atoms with Crippen molar-refractivity contribution in [2.45, 2.75) is 23.4 Å². The largest absolute Gasteiger partial charge is 0.495 e. The number of hydrogen-bond acceptors (Lipinski definition) is 7. The Balaban J connectivity index is 1.30. The summed E-state index contributed by atoms with van der Waals surface area (Å²) in [7, 11) is 1.66. The van der Waals surface area contributed by atoms with E-state index < -0.39 is 0 Å². The van der Waals surface area contributed by atoms with Crippen LogP contribution in [0.5, 0.6) is 5.75 Å². The van der Waals surface area contributed by atoms with Crippen molar-refractivity contribution in [3.63, 3.8) is 0 Å². The van der Waals surface area contributed by atoms with E-state index in [1.807, 2.05) is 49.4 Å². The smallest absolute Gasteiger partial charge is 0.350 e. The van der Waals surface area contributed by atoms with Crippen LogP contribution in [0, 0.1) is 6.92 Å². The van der Waals surface area contributed by atoms with Crippen molar-refractivity contribution in [2.24, 2.45) is 0 Å². The summed E-state index contributed by atoms with van der Waals surface area (Å²) in [5, 5.41) is 5.08. The van der Waals surface area contributed by atoms with Crippen LogP contribution in [-0.2, 0) is 11.3 Å². The lowest BCUT2D eigenvalue weighted by atomic mass is 10.2. The van der Waals surface area contributed by atoms with E-state index >= 15 is 0 Å². The van der Waals surface area contributed by atoms with Gasteiger partial charge < -0.3 is 14.5 Å². The first-order valence-corrected chi connectivity index (χ1v) is 12.2. The average molecular weight is 491 g/mol. The van der Waals surface area contributed by atoms with Crippen molar-refractivity contribution < 1.29 is 9.53 Å². The molecule has 1 aliphatic heterocycles. The van der Waals surface area contributed by atoms with Crippen LogP contribution in [0.2, 0.25) is 0 Å².